The number of amides is 1. The number of benzene rings is 3. The van der Waals surface area contributed by atoms with Crippen molar-refractivity contribution < 1.29 is 14.4 Å². The van der Waals surface area contributed by atoms with Crippen LogP contribution in [-0.4, -0.2) is 20.2 Å². The summed E-state index contributed by atoms with van der Waals surface area (Å²) in [6, 6.07) is 20.4. The van der Waals surface area contributed by atoms with Crippen LogP contribution in [0.25, 0.3) is 17.0 Å². The molecule has 0 unspecified atom stereocenters. The van der Waals surface area contributed by atoms with Gasteiger partial charge in [-0.15, -0.1) is 0 Å². The molecule has 0 saturated carbocycles. The van der Waals surface area contributed by atoms with Gasteiger partial charge in [0.2, 0.25) is 0 Å². The summed E-state index contributed by atoms with van der Waals surface area (Å²) in [5.74, 6) is -1.19. The number of hydrogen-bond donors (Lipinski definition) is 2. The van der Waals surface area contributed by atoms with Gasteiger partial charge in [0, 0.05) is 12.6 Å². The molecule has 8 heteroatoms. The van der Waals surface area contributed by atoms with Gasteiger partial charge >= 0.3 is 5.69 Å². The fourth-order valence-electron chi connectivity index (χ4n) is 3.75. The summed E-state index contributed by atoms with van der Waals surface area (Å²) in [7, 11) is 0. The Morgan fingerprint density at radius 3 is 2.38 bits per heavy atom. The number of halogens is 1. The van der Waals surface area contributed by atoms with E-state index in [9.17, 15) is 18.8 Å². The van der Waals surface area contributed by atoms with Gasteiger partial charge < -0.3 is 0 Å². The summed E-state index contributed by atoms with van der Waals surface area (Å²) in [5.41, 5.74) is 3.25. The number of aromatic nitrogens is 2. The molecule has 0 radical (unpaired) electrons. The molecular weight excluding hydrogens is 437 g/mol. The highest BCUT2D eigenvalue weighted by Crippen LogP contribution is 2.14. The Kier molecular flexibility index (Phi) is 6.79. The predicted molar refractivity (Wildman–Crippen MR) is 127 cm³/mol. The second-order valence-corrected chi connectivity index (χ2v) is 7.77. The summed E-state index contributed by atoms with van der Waals surface area (Å²) >= 11 is 0. The number of nitrogens with zero attached hydrogens (tertiary/aromatic N) is 2. The molecule has 1 amide bonds. The van der Waals surface area contributed by atoms with Crippen LogP contribution in [0.2, 0.25) is 0 Å². The van der Waals surface area contributed by atoms with Crippen molar-refractivity contribution in [2.75, 3.05) is 0 Å². The van der Waals surface area contributed by atoms with Crippen molar-refractivity contribution in [2.45, 2.75) is 19.5 Å². The minimum Gasteiger partial charge on any atom is -0.289 e. The lowest BCUT2D eigenvalue weighted by atomic mass is 10.1. The van der Waals surface area contributed by atoms with E-state index in [1.54, 1.807) is 24.3 Å². The van der Waals surface area contributed by atoms with Crippen LogP contribution in [0, 0.1) is 5.82 Å². The molecule has 2 N–H and O–H groups in total. The van der Waals surface area contributed by atoms with Gasteiger partial charge in [-0.2, -0.15) is 0 Å². The zero-order chi connectivity index (χ0) is 24.1. The molecule has 4 aromatic rings. The fourth-order valence-corrected chi connectivity index (χ4v) is 3.75. The van der Waals surface area contributed by atoms with E-state index < -0.39 is 23.0 Å². The van der Waals surface area contributed by atoms with Gasteiger partial charge in [-0.3, -0.25) is 23.9 Å². The Labute approximate surface area is 194 Å². The summed E-state index contributed by atoms with van der Waals surface area (Å²) in [4.78, 5) is 37.5. The molecule has 1 aromatic heterocycles. The first-order chi connectivity index (χ1) is 16.5. The summed E-state index contributed by atoms with van der Waals surface area (Å²) in [6.07, 6.45) is 3.21. The molecule has 0 atom stereocenters. The molecule has 4 rings (SSSR count). The zero-order valence-corrected chi connectivity index (χ0v) is 18.1. The molecule has 7 nitrogen and oxygen atoms in total. The fraction of sp³-hybridized carbons (Fsp3) is 0.115. The van der Waals surface area contributed by atoms with Crippen molar-refractivity contribution in [3.05, 3.63) is 122 Å². The van der Waals surface area contributed by atoms with Crippen molar-refractivity contribution in [3.63, 3.8) is 0 Å². The van der Waals surface area contributed by atoms with E-state index in [1.807, 2.05) is 30.3 Å². The molecule has 0 aliphatic heterocycles. The Hall–Kier alpha value is -4.30. The van der Waals surface area contributed by atoms with Crippen LogP contribution < -0.4 is 16.7 Å². The van der Waals surface area contributed by atoms with Crippen LogP contribution >= 0.6 is 0 Å². The second-order valence-electron chi connectivity index (χ2n) is 7.77. The monoisotopic (exact) mass is 459 g/mol. The minimum absolute atomic E-state index is 0.130. The lowest BCUT2D eigenvalue weighted by molar-refractivity contribution is -0.124. The molecule has 1 heterocycles. The van der Waals surface area contributed by atoms with E-state index in [2.05, 4.69) is 0 Å². The van der Waals surface area contributed by atoms with Crippen LogP contribution in [-0.2, 0) is 24.3 Å². The highest BCUT2D eigenvalue weighted by atomic mass is 19.1. The molecule has 34 heavy (non-hydrogen) atoms. The molecule has 0 saturated heterocycles. The van der Waals surface area contributed by atoms with Crippen LogP contribution in [0.1, 0.15) is 16.7 Å². The van der Waals surface area contributed by atoms with Crippen LogP contribution in [0.5, 0.6) is 0 Å². The summed E-state index contributed by atoms with van der Waals surface area (Å²) < 4.78 is 16.6. The highest BCUT2D eigenvalue weighted by molar-refractivity contribution is 5.90. The van der Waals surface area contributed by atoms with Gasteiger partial charge in [-0.05, 0) is 47.4 Å². The first-order valence-corrected chi connectivity index (χ1v) is 10.6. The third-order valence-electron chi connectivity index (χ3n) is 5.51. The van der Waals surface area contributed by atoms with Crippen molar-refractivity contribution in [1.29, 1.82) is 0 Å². The van der Waals surface area contributed by atoms with Gasteiger partial charge in [0.15, 0.2) is 0 Å². The van der Waals surface area contributed by atoms with Gasteiger partial charge in [0.05, 0.1) is 17.4 Å². The molecule has 172 valence electrons. The average molecular weight is 459 g/mol. The maximum absolute atomic E-state index is 14.0. The van der Waals surface area contributed by atoms with Crippen molar-refractivity contribution >= 4 is 22.9 Å². The van der Waals surface area contributed by atoms with Gasteiger partial charge in [0.25, 0.3) is 11.5 Å². The standard InChI is InChI=1S/C26H22FN3O4/c27-21-11-12-22-23(16-21)30(17-20-8-6-19(7-9-20)10-13-24(31)28-34)26(33)29(25(22)32)15-14-18-4-2-1-3-5-18/h1-13,16,34H,14-15,17H2,(H,28,31)/b13-10+. The normalized spacial score (nSPS) is 11.2. The van der Waals surface area contributed by atoms with E-state index in [1.165, 1.54) is 45.0 Å². The smallest absolute Gasteiger partial charge is 0.289 e. The van der Waals surface area contributed by atoms with E-state index in [-0.39, 0.29) is 24.0 Å². The quantitative estimate of drug-likeness (QED) is 0.252. The minimum atomic E-state index is -0.651. The average Bonchev–Trinajstić information content (AvgIpc) is 2.86. The second kappa shape index (κ2) is 10.1. The predicted octanol–water partition coefficient (Wildman–Crippen LogP) is 3.11. The Morgan fingerprint density at radius 2 is 1.68 bits per heavy atom. The molecule has 0 aliphatic carbocycles. The van der Waals surface area contributed by atoms with E-state index in [0.717, 1.165) is 11.1 Å². The largest absolute Gasteiger partial charge is 0.331 e. The SMILES string of the molecule is O=C(/C=C/c1ccc(Cn2c(=O)n(CCc3ccccc3)c(=O)c3ccc(F)cc32)cc1)NO. The highest BCUT2D eigenvalue weighted by Gasteiger charge is 2.14. The molecular formula is C26H22FN3O4. The molecule has 0 aliphatic rings. The van der Waals surface area contributed by atoms with Crippen molar-refractivity contribution in [2.24, 2.45) is 0 Å². The topological polar surface area (TPSA) is 93.3 Å². The van der Waals surface area contributed by atoms with Crippen LogP contribution in [0.3, 0.4) is 0 Å². The van der Waals surface area contributed by atoms with E-state index >= 15 is 0 Å². The van der Waals surface area contributed by atoms with Gasteiger partial charge in [-0.25, -0.2) is 14.7 Å². The lowest BCUT2D eigenvalue weighted by Crippen LogP contribution is -2.40. The summed E-state index contributed by atoms with van der Waals surface area (Å²) in [6.45, 7) is 0.331. The number of aryl methyl sites for hydroxylation is 1. The first kappa shape index (κ1) is 22.9. The number of carbonyl (C=O) groups is 1. The molecule has 0 fully saturated rings. The maximum Gasteiger partial charge on any atom is 0.331 e. The third-order valence-corrected chi connectivity index (χ3v) is 5.51. The molecule has 0 spiro atoms. The van der Waals surface area contributed by atoms with Crippen LogP contribution in [0.15, 0.2) is 88.5 Å². The van der Waals surface area contributed by atoms with Gasteiger partial charge in [-0.1, -0.05) is 54.6 Å². The Balaban J connectivity index is 1.71. The first-order valence-electron chi connectivity index (χ1n) is 10.6. The van der Waals surface area contributed by atoms with E-state index in [0.29, 0.717) is 12.0 Å². The number of nitrogens with one attached hydrogen (secondary N) is 1. The van der Waals surface area contributed by atoms with Crippen LogP contribution in [0.4, 0.5) is 4.39 Å². The zero-order valence-electron chi connectivity index (χ0n) is 18.1. The number of rotatable bonds is 7. The molecule has 3 aromatic carbocycles. The number of fused-ring (bicyclic) bond motifs is 1. The molecule has 0 bridgehead atoms. The Bertz CT molecular complexity index is 1470. The number of hydrogen-bond acceptors (Lipinski definition) is 4. The van der Waals surface area contributed by atoms with E-state index in [4.69, 9.17) is 5.21 Å². The third kappa shape index (κ3) is 5.02. The number of hydroxylamine groups is 1. The summed E-state index contributed by atoms with van der Waals surface area (Å²) in [5, 5.41) is 8.83. The van der Waals surface area contributed by atoms with Crippen molar-refractivity contribution in [1.82, 2.24) is 14.6 Å². The maximum atomic E-state index is 14.0. The lowest BCUT2D eigenvalue weighted by Gasteiger charge is -2.15. The number of carbonyl (C=O) groups excluding carboxylic acids is 1. The van der Waals surface area contributed by atoms with Gasteiger partial charge in [0.1, 0.15) is 5.82 Å². The van der Waals surface area contributed by atoms with Crippen molar-refractivity contribution in [3.8, 4) is 0 Å². The Morgan fingerprint density at radius 1 is 0.941 bits per heavy atom.